The van der Waals surface area contributed by atoms with E-state index in [-0.39, 0.29) is 17.4 Å². The predicted octanol–water partition coefficient (Wildman–Crippen LogP) is 4.67. The third-order valence-corrected chi connectivity index (χ3v) is 5.44. The molecule has 34 heavy (non-hydrogen) atoms. The maximum absolute atomic E-state index is 12.3. The van der Waals surface area contributed by atoms with Crippen LogP contribution in [0.25, 0.3) is 0 Å². The fourth-order valence-corrected chi connectivity index (χ4v) is 3.48. The zero-order valence-corrected chi connectivity index (χ0v) is 18.6. The van der Waals surface area contributed by atoms with Crippen LogP contribution in [0.3, 0.4) is 0 Å². The van der Waals surface area contributed by atoms with Crippen LogP contribution in [0, 0.1) is 12.8 Å². The van der Waals surface area contributed by atoms with Crippen molar-refractivity contribution in [2.45, 2.75) is 26.1 Å². The van der Waals surface area contributed by atoms with Crippen LogP contribution in [-0.2, 0) is 23.9 Å². The number of ether oxygens (including phenoxy) is 1. The molecule has 1 aliphatic rings. The van der Waals surface area contributed by atoms with Crippen molar-refractivity contribution in [2.24, 2.45) is 11.7 Å². The molecule has 2 amide bonds. The van der Waals surface area contributed by atoms with Crippen LogP contribution in [0.5, 0.6) is 5.75 Å². The van der Waals surface area contributed by atoms with Gasteiger partial charge in [-0.1, -0.05) is 48.5 Å². The number of carbonyl (C=O) groups is 2. The quantitative estimate of drug-likeness (QED) is 0.582. The van der Waals surface area contributed by atoms with Crippen LogP contribution < -0.4 is 15.8 Å². The number of rotatable bonds is 4. The smallest absolute Gasteiger partial charge is 0.416 e. The van der Waals surface area contributed by atoms with Crippen molar-refractivity contribution in [3.63, 3.8) is 0 Å². The fourth-order valence-electron chi connectivity index (χ4n) is 3.48. The van der Waals surface area contributed by atoms with Crippen LogP contribution in [0.1, 0.15) is 32.6 Å². The molecule has 0 aromatic heterocycles. The normalized spacial score (nSPS) is 14.6. The average molecular weight is 470 g/mol. The standard InChI is InChI=1S/C18H19NO2.C8H6F3NO/c1-13-6-2-3-8-15(13)11-19-18(20)16-10-14-7-4-5-9-17(14)21-12-16;9-8(10,11)6-3-1-2-5(4-6)7(12)13/h2-9,16H,10-12H2,1H3,(H,19,20);1-4H,(H2,12,13). The minimum absolute atomic E-state index is 0.0627. The molecule has 1 heterocycles. The van der Waals surface area contributed by atoms with Gasteiger partial charge in [0.25, 0.3) is 0 Å². The van der Waals surface area contributed by atoms with E-state index >= 15 is 0 Å². The van der Waals surface area contributed by atoms with E-state index in [1.165, 1.54) is 11.6 Å². The van der Waals surface area contributed by atoms with Crippen LogP contribution in [-0.4, -0.2) is 18.4 Å². The lowest BCUT2D eigenvalue weighted by molar-refractivity contribution is -0.137. The summed E-state index contributed by atoms with van der Waals surface area (Å²) >= 11 is 0. The van der Waals surface area contributed by atoms with Crippen LogP contribution in [0.2, 0.25) is 0 Å². The number of nitrogens with two attached hydrogens (primary N) is 1. The second-order valence-electron chi connectivity index (χ2n) is 7.91. The number of hydrogen-bond donors (Lipinski definition) is 2. The van der Waals surface area contributed by atoms with E-state index in [1.807, 2.05) is 42.5 Å². The summed E-state index contributed by atoms with van der Waals surface area (Å²) in [4.78, 5) is 22.8. The molecule has 0 saturated heterocycles. The average Bonchev–Trinajstić information content (AvgIpc) is 2.83. The summed E-state index contributed by atoms with van der Waals surface area (Å²) in [5.74, 6) is -0.0109. The SMILES string of the molecule is Cc1ccccc1CNC(=O)C1COc2ccccc2C1.NC(=O)c1cccc(C(F)(F)F)c1. The zero-order chi connectivity index (χ0) is 24.7. The van der Waals surface area contributed by atoms with Crippen molar-refractivity contribution >= 4 is 11.8 Å². The molecule has 0 aliphatic carbocycles. The largest absolute Gasteiger partial charge is 0.492 e. The van der Waals surface area contributed by atoms with Crippen LogP contribution in [0.4, 0.5) is 13.2 Å². The summed E-state index contributed by atoms with van der Waals surface area (Å²) < 4.78 is 41.9. The van der Waals surface area contributed by atoms with Gasteiger partial charge in [-0.15, -0.1) is 0 Å². The number of carbonyl (C=O) groups excluding carboxylic acids is 2. The van der Waals surface area contributed by atoms with Gasteiger partial charge in [0.1, 0.15) is 12.4 Å². The van der Waals surface area contributed by atoms with Crippen molar-refractivity contribution in [3.05, 3.63) is 101 Å². The molecule has 5 nitrogen and oxygen atoms in total. The summed E-state index contributed by atoms with van der Waals surface area (Å²) in [6, 6.07) is 20.0. The molecule has 0 bridgehead atoms. The highest BCUT2D eigenvalue weighted by Gasteiger charge is 2.30. The van der Waals surface area contributed by atoms with E-state index in [9.17, 15) is 22.8 Å². The number of amides is 2. The van der Waals surface area contributed by atoms with Crippen molar-refractivity contribution in [2.75, 3.05) is 6.61 Å². The summed E-state index contributed by atoms with van der Waals surface area (Å²) in [6.07, 6.45) is -3.69. The van der Waals surface area contributed by atoms with E-state index in [1.54, 1.807) is 0 Å². The first-order chi connectivity index (χ1) is 16.1. The second-order valence-corrected chi connectivity index (χ2v) is 7.91. The minimum atomic E-state index is -4.44. The summed E-state index contributed by atoms with van der Waals surface area (Å²) in [7, 11) is 0. The number of fused-ring (bicyclic) bond motifs is 1. The van der Waals surface area contributed by atoms with Gasteiger partial charge in [0, 0.05) is 12.1 Å². The Bertz CT molecular complexity index is 1160. The molecule has 4 rings (SSSR count). The van der Waals surface area contributed by atoms with E-state index in [0.29, 0.717) is 13.2 Å². The second kappa shape index (κ2) is 10.9. The van der Waals surface area contributed by atoms with Crippen LogP contribution >= 0.6 is 0 Å². The van der Waals surface area contributed by atoms with Crippen molar-refractivity contribution in [1.29, 1.82) is 0 Å². The van der Waals surface area contributed by atoms with E-state index < -0.39 is 17.6 Å². The lowest BCUT2D eigenvalue weighted by Crippen LogP contribution is -2.37. The molecule has 0 spiro atoms. The van der Waals surface area contributed by atoms with E-state index in [2.05, 4.69) is 18.3 Å². The number of halogens is 3. The molecule has 0 fully saturated rings. The lowest BCUT2D eigenvalue weighted by Gasteiger charge is -2.24. The van der Waals surface area contributed by atoms with E-state index in [4.69, 9.17) is 10.5 Å². The van der Waals surface area contributed by atoms with Gasteiger partial charge in [-0.2, -0.15) is 13.2 Å². The van der Waals surface area contributed by atoms with Gasteiger partial charge in [-0.05, 0) is 54.3 Å². The number of alkyl halides is 3. The molecule has 3 aromatic rings. The van der Waals surface area contributed by atoms with Gasteiger partial charge < -0.3 is 15.8 Å². The highest BCUT2D eigenvalue weighted by Crippen LogP contribution is 2.29. The number of aryl methyl sites for hydroxylation is 1. The minimum Gasteiger partial charge on any atom is -0.492 e. The van der Waals surface area contributed by atoms with Crippen molar-refractivity contribution in [1.82, 2.24) is 5.32 Å². The molecular formula is C26H25F3N2O3. The molecule has 0 saturated carbocycles. The van der Waals surface area contributed by atoms with Gasteiger partial charge in [-0.3, -0.25) is 9.59 Å². The molecule has 3 aromatic carbocycles. The molecular weight excluding hydrogens is 445 g/mol. The maximum atomic E-state index is 12.3. The molecule has 1 aliphatic heterocycles. The summed E-state index contributed by atoms with van der Waals surface area (Å²) in [6.45, 7) is 3.09. The Morgan fingerprint density at radius 1 is 1.03 bits per heavy atom. The summed E-state index contributed by atoms with van der Waals surface area (Å²) in [5, 5.41) is 3.02. The third kappa shape index (κ3) is 6.60. The molecule has 1 atom stereocenters. The highest BCUT2D eigenvalue weighted by molar-refractivity contribution is 5.92. The van der Waals surface area contributed by atoms with Crippen LogP contribution in [0.15, 0.2) is 72.8 Å². The monoisotopic (exact) mass is 470 g/mol. The third-order valence-electron chi connectivity index (χ3n) is 5.44. The Morgan fingerprint density at radius 3 is 2.44 bits per heavy atom. The van der Waals surface area contributed by atoms with Gasteiger partial charge in [0.15, 0.2) is 0 Å². The maximum Gasteiger partial charge on any atom is 0.416 e. The molecule has 0 radical (unpaired) electrons. The van der Waals surface area contributed by atoms with E-state index in [0.717, 1.165) is 41.5 Å². The molecule has 1 unspecified atom stereocenters. The molecule has 178 valence electrons. The first-order valence-electron chi connectivity index (χ1n) is 10.6. The van der Waals surface area contributed by atoms with Gasteiger partial charge in [0.05, 0.1) is 11.5 Å². The number of nitrogens with one attached hydrogen (secondary N) is 1. The van der Waals surface area contributed by atoms with Gasteiger partial charge >= 0.3 is 6.18 Å². The number of benzene rings is 3. The Kier molecular flexibility index (Phi) is 7.94. The Hall–Kier alpha value is -3.81. The molecule has 8 heteroatoms. The fraction of sp³-hybridized carbons (Fsp3) is 0.231. The van der Waals surface area contributed by atoms with Gasteiger partial charge in [0.2, 0.25) is 11.8 Å². The van der Waals surface area contributed by atoms with Crippen molar-refractivity contribution in [3.8, 4) is 5.75 Å². The highest BCUT2D eigenvalue weighted by atomic mass is 19.4. The predicted molar refractivity (Wildman–Crippen MR) is 122 cm³/mol. The van der Waals surface area contributed by atoms with Gasteiger partial charge in [-0.25, -0.2) is 0 Å². The Labute approximate surface area is 195 Å². The Morgan fingerprint density at radius 2 is 1.74 bits per heavy atom. The Balaban J connectivity index is 0.000000215. The summed E-state index contributed by atoms with van der Waals surface area (Å²) in [5.41, 5.74) is 7.27. The van der Waals surface area contributed by atoms with Crippen molar-refractivity contribution < 1.29 is 27.5 Å². The first-order valence-corrected chi connectivity index (χ1v) is 10.6. The molecule has 3 N–H and O–H groups in total. The topological polar surface area (TPSA) is 81.4 Å². The first kappa shape index (κ1) is 24.8. The number of primary amides is 1. The number of para-hydroxylation sites is 1. The zero-order valence-electron chi connectivity index (χ0n) is 18.6. The number of hydrogen-bond acceptors (Lipinski definition) is 3. The lowest BCUT2D eigenvalue weighted by atomic mass is 9.96.